The predicted molar refractivity (Wildman–Crippen MR) is 206 cm³/mol. The number of hydrogen-bond acceptors (Lipinski definition) is 9. The summed E-state index contributed by atoms with van der Waals surface area (Å²) in [5.41, 5.74) is 0.573. The van der Waals surface area contributed by atoms with Crippen LogP contribution in [0.4, 0.5) is 0 Å². The number of piperazine rings is 1. The highest BCUT2D eigenvalue weighted by atomic mass is 16.6. The lowest BCUT2D eigenvalue weighted by molar-refractivity contribution is -0.237. The maximum Gasteiger partial charge on any atom is 0.311 e. The van der Waals surface area contributed by atoms with Crippen molar-refractivity contribution in [3.05, 3.63) is 144 Å². The van der Waals surface area contributed by atoms with Crippen molar-refractivity contribution in [2.24, 2.45) is 5.41 Å². The van der Waals surface area contributed by atoms with Gasteiger partial charge in [-0.25, -0.2) is 0 Å². The van der Waals surface area contributed by atoms with Gasteiger partial charge in [-0.1, -0.05) is 121 Å². The van der Waals surface area contributed by atoms with Crippen LogP contribution in [0.5, 0.6) is 0 Å². The molecule has 4 aromatic carbocycles. The molecule has 1 aliphatic heterocycles. The number of ether oxygens (including phenoxy) is 5. The quantitative estimate of drug-likeness (QED) is 0.117. The number of carbonyl (C=O) groups excluding carboxylic acids is 2. The van der Waals surface area contributed by atoms with Crippen molar-refractivity contribution in [3.8, 4) is 0 Å². The lowest BCUT2D eigenvalue weighted by Gasteiger charge is -2.43. The zero-order valence-electron chi connectivity index (χ0n) is 31.6. The van der Waals surface area contributed by atoms with Crippen LogP contribution in [-0.4, -0.2) is 85.2 Å². The van der Waals surface area contributed by atoms with E-state index in [2.05, 4.69) is 5.32 Å². The number of carbonyl (C=O) groups is 2. The molecule has 10 heteroatoms. The molecule has 1 heterocycles. The van der Waals surface area contributed by atoms with Gasteiger partial charge >= 0.3 is 5.97 Å². The zero-order valence-corrected chi connectivity index (χ0v) is 31.6. The molecule has 4 aromatic rings. The van der Waals surface area contributed by atoms with Crippen molar-refractivity contribution in [2.45, 2.75) is 71.1 Å². The average molecular weight is 739 g/mol. The molecular formula is C44H54N2O8. The van der Waals surface area contributed by atoms with Crippen LogP contribution in [0, 0.1) is 5.41 Å². The van der Waals surface area contributed by atoms with Gasteiger partial charge in [-0.3, -0.25) is 9.59 Å². The van der Waals surface area contributed by atoms with Crippen LogP contribution >= 0.6 is 0 Å². The lowest BCUT2D eigenvalue weighted by Crippen LogP contribution is -2.63. The minimum absolute atomic E-state index is 0.0537. The van der Waals surface area contributed by atoms with Crippen LogP contribution in [0.15, 0.2) is 121 Å². The first-order chi connectivity index (χ1) is 26.1. The molecule has 5 rings (SSSR count). The van der Waals surface area contributed by atoms with E-state index in [1.807, 2.05) is 121 Å². The van der Waals surface area contributed by atoms with E-state index in [0.717, 1.165) is 22.3 Å². The van der Waals surface area contributed by atoms with Crippen molar-refractivity contribution in [1.82, 2.24) is 10.2 Å². The summed E-state index contributed by atoms with van der Waals surface area (Å²) in [4.78, 5) is 29.7. The van der Waals surface area contributed by atoms with E-state index in [9.17, 15) is 14.7 Å². The summed E-state index contributed by atoms with van der Waals surface area (Å²) in [5.74, 6) is -0.806. The van der Waals surface area contributed by atoms with Crippen molar-refractivity contribution in [2.75, 3.05) is 39.4 Å². The molecular weight excluding hydrogens is 684 g/mol. The van der Waals surface area contributed by atoms with Gasteiger partial charge in [-0.2, -0.15) is 0 Å². The monoisotopic (exact) mass is 738 g/mol. The van der Waals surface area contributed by atoms with E-state index in [4.69, 9.17) is 23.7 Å². The third kappa shape index (κ3) is 12.3. The summed E-state index contributed by atoms with van der Waals surface area (Å²) < 4.78 is 32.2. The van der Waals surface area contributed by atoms with Crippen molar-refractivity contribution in [1.29, 1.82) is 0 Å². The molecule has 0 saturated carbocycles. The molecule has 0 bridgehead atoms. The fourth-order valence-electron chi connectivity index (χ4n) is 6.08. The number of esters is 1. The van der Waals surface area contributed by atoms with Crippen molar-refractivity contribution < 1.29 is 38.4 Å². The van der Waals surface area contributed by atoms with Crippen LogP contribution in [0.25, 0.3) is 0 Å². The van der Waals surface area contributed by atoms with Gasteiger partial charge in [-0.05, 0) is 43.0 Å². The molecule has 0 spiro atoms. The highest BCUT2D eigenvalue weighted by Crippen LogP contribution is 2.30. The fraction of sp³-hybridized carbons (Fsp3) is 0.409. The van der Waals surface area contributed by atoms with E-state index in [1.165, 1.54) is 0 Å². The number of amides is 1. The first-order valence-electron chi connectivity index (χ1n) is 18.6. The Morgan fingerprint density at radius 2 is 1.09 bits per heavy atom. The third-order valence-corrected chi connectivity index (χ3v) is 9.16. The Bertz CT molecular complexity index is 1680. The van der Waals surface area contributed by atoms with E-state index < -0.39 is 41.9 Å². The summed E-state index contributed by atoms with van der Waals surface area (Å²) in [6.07, 6.45) is -3.72. The second-order valence-corrected chi connectivity index (χ2v) is 14.7. The van der Waals surface area contributed by atoms with E-state index >= 15 is 0 Å². The Morgan fingerprint density at radius 3 is 1.57 bits per heavy atom. The SMILES string of the molecule is CC(C)(C)C(=O)OC[C@](O)(COCc1ccccc1)[C@@H](OCc1ccccc1)[C@H](OCc1ccccc1)[C@@H](OCc1ccccc1)C(=O)N1CCNCC1. The number of aliphatic hydroxyl groups is 1. The molecule has 1 saturated heterocycles. The highest BCUT2D eigenvalue weighted by molar-refractivity contribution is 5.82. The molecule has 2 N–H and O–H groups in total. The lowest BCUT2D eigenvalue weighted by atomic mass is 9.89. The first-order valence-corrected chi connectivity index (χ1v) is 18.6. The molecule has 1 aliphatic rings. The summed E-state index contributed by atoms with van der Waals surface area (Å²) in [5, 5.41) is 16.2. The maximum absolute atomic E-state index is 14.7. The van der Waals surface area contributed by atoms with Crippen LogP contribution in [-0.2, 0) is 59.7 Å². The molecule has 1 fully saturated rings. The van der Waals surface area contributed by atoms with Gasteiger partial charge in [0.1, 0.15) is 18.8 Å². The number of nitrogens with zero attached hydrogens (tertiary/aromatic N) is 1. The Hall–Kier alpha value is -4.42. The fourth-order valence-corrected chi connectivity index (χ4v) is 6.08. The van der Waals surface area contributed by atoms with E-state index in [0.29, 0.717) is 26.2 Å². The van der Waals surface area contributed by atoms with Gasteiger partial charge in [-0.15, -0.1) is 0 Å². The van der Waals surface area contributed by atoms with Gasteiger partial charge in [0.25, 0.3) is 5.91 Å². The van der Waals surface area contributed by atoms with Gasteiger partial charge in [0.15, 0.2) is 11.7 Å². The minimum atomic E-state index is -2.01. The van der Waals surface area contributed by atoms with Gasteiger partial charge in [0, 0.05) is 26.2 Å². The summed E-state index contributed by atoms with van der Waals surface area (Å²) in [7, 11) is 0. The maximum atomic E-state index is 14.7. The molecule has 288 valence electrons. The third-order valence-electron chi connectivity index (χ3n) is 9.16. The Labute approximate surface area is 319 Å². The predicted octanol–water partition coefficient (Wildman–Crippen LogP) is 5.71. The minimum Gasteiger partial charge on any atom is -0.462 e. The number of benzene rings is 4. The van der Waals surface area contributed by atoms with Crippen molar-refractivity contribution >= 4 is 11.9 Å². The smallest absolute Gasteiger partial charge is 0.311 e. The summed E-state index contributed by atoms with van der Waals surface area (Å²) >= 11 is 0. The number of hydrogen-bond donors (Lipinski definition) is 2. The average Bonchev–Trinajstić information content (AvgIpc) is 3.20. The molecule has 0 aromatic heterocycles. The molecule has 0 radical (unpaired) electrons. The number of rotatable bonds is 19. The number of nitrogens with one attached hydrogen (secondary N) is 1. The molecule has 0 aliphatic carbocycles. The Kier molecular flexibility index (Phi) is 15.3. The van der Waals surface area contributed by atoms with Crippen LogP contribution in [0.3, 0.4) is 0 Å². The van der Waals surface area contributed by atoms with Crippen LogP contribution in [0.1, 0.15) is 43.0 Å². The standard InChI is InChI=1S/C44H54N2O8/c1-43(2,3)42(48)54-33-44(49,32-50-28-34-16-8-4-9-17-34)40(53-31-37-22-14-7-15-23-37)38(51-29-35-18-10-5-11-19-35)39(41(47)46-26-24-45-25-27-46)52-30-36-20-12-6-13-21-36/h4-23,38-40,45,49H,24-33H2,1-3H3/t38-,39-,40+,44-/m1/s1. The van der Waals surface area contributed by atoms with Gasteiger partial charge in [0.2, 0.25) is 0 Å². The van der Waals surface area contributed by atoms with Crippen LogP contribution in [0.2, 0.25) is 0 Å². The molecule has 54 heavy (non-hydrogen) atoms. The highest BCUT2D eigenvalue weighted by Gasteiger charge is 2.51. The molecule has 1 amide bonds. The summed E-state index contributed by atoms with van der Waals surface area (Å²) in [6.45, 7) is 7.04. The van der Waals surface area contributed by atoms with Crippen LogP contribution < -0.4 is 5.32 Å². The Balaban J connectivity index is 1.59. The second kappa shape index (κ2) is 20.3. The van der Waals surface area contributed by atoms with E-state index in [1.54, 1.807) is 25.7 Å². The summed E-state index contributed by atoms with van der Waals surface area (Å²) in [6, 6.07) is 38.3. The van der Waals surface area contributed by atoms with Gasteiger partial charge in [0.05, 0.1) is 38.4 Å². The molecule has 0 unspecified atom stereocenters. The van der Waals surface area contributed by atoms with Crippen molar-refractivity contribution in [3.63, 3.8) is 0 Å². The normalized spacial score (nSPS) is 16.2. The zero-order chi connectivity index (χ0) is 38.2. The molecule has 10 nitrogen and oxygen atoms in total. The Morgan fingerprint density at radius 1 is 0.648 bits per heavy atom. The van der Waals surface area contributed by atoms with Gasteiger partial charge < -0.3 is 39.0 Å². The second-order valence-electron chi connectivity index (χ2n) is 14.7. The molecule has 4 atom stereocenters. The first kappa shape index (κ1) is 40.8. The van der Waals surface area contributed by atoms with E-state index in [-0.39, 0.29) is 38.9 Å². The topological polar surface area (TPSA) is 116 Å². The largest absolute Gasteiger partial charge is 0.462 e.